The van der Waals surface area contributed by atoms with E-state index in [9.17, 15) is 0 Å². The fourth-order valence-corrected chi connectivity index (χ4v) is 2.31. The van der Waals surface area contributed by atoms with E-state index in [0.717, 1.165) is 11.7 Å². The Balaban J connectivity index is 2.69. The number of hydrogen-bond acceptors (Lipinski definition) is 1. The van der Waals surface area contributed by atoms with E-state index < -0.39 is 0 Å². The van der Waals surface area contributed by atoms with Crippen molar-refractivity contribution in [1.29, 1.82) is 0 Å². The van der Waals surface area contributed by atoms with Crippen LogP contribution in [-0.4, -0.2) is 7.11 Å². The molecule has 0 heterocycles. The highest BCUT2D eigenvalue weighted by Crippen LogP contribution is 2.26. The topological polar surface area (TPSA) is 9.23 Å². The minimum absolute atomic E-state index is 0.848. The first-order valence-corrected chi connectivity index (χ1v) is 6.73. The summed E-state index contributed by atoms with van der Waals surface area (Å²) in [5.74, 6) is 1.87. The molecular weight excluding hydrogens is 208 g/mol. The Morgan fingerprint density at radius 1 is 1.24 bits per heavy atom. The molecule has 1 aromatic rings. The third-order valence-electron chi connectivity index (χ3n) is 3.82. The molecule has 0 aliphatic carbocycles. The molecule has 1 atom stereocenters. The molecule has 0 fully saturated rings. The second-order valence-corrected chi connectivity index (χ2v) is 5.09. The maximum atomic E-state index is 5.39. The standard InChI is InChI=1S/C16H26O/c1-6-12(2)8-7-9-15-13(3)10-11-16(17-5)14(15)4/h10-12H,6-9H2,1-5H3. The second kappa shape index (κ2) is 6.68. The van der Waals surface area contributed by atoms with E-state index in [1.165, 1.54) is 42.4 Å². The zero-order chi connectivity index (χ0) is 12.8. The summed E-state index contributed by atoms with van der Waals surface area (Å²) in [5, 5.41) is 0. The molecule has 0 saturated heterocycles. The van der Waals surface area contributed by atoms with Crippen molar-refractivity contribution in [2.75, 3.05) is 7.11 Å². The van der Waals surface area contributed by atoms with Gasteiger partial charge in [0.05, 0.1) is 7.11 Å². The highest BCUT2D eigenvalue weighted by Gasteiger charge is 2.08. The maximum Gasteiger partial charge on any atom is 0.122 e. The van der Waals surface area contributed by atoms with Crippen LogP contribution < -0.4 is 4.74 Å². The zero-order valence-electron chi connectivity index (χ0n) is 12.0. The molecule has 1 unspecified atom stereocenters. The molecule has 0 aliphatic rings. The largest absolute Gasteiger partial charge is 0.496 e. The summed E-state index contributed by atoms with van der Waals surface area (Å²) < 4.78 is 5.39. The van der Waals surface area contributed by atoms with Gasteiger partial charge in [-0.2, -0.15) is 0 Å². The van der Waals surface area contributed by atoms with Crippen LogP contribution in [0.15, 0.2) is 12.1 Å². The highest BCUT2D eigenvalue weighted by atomic mass is 16.5. The fraction of sp³-hybridized carbons (Fsp3) is 0.625. The zero-order valence-corrected chi connectivity index (χ0v) is 12.0. The molecule has 0 bridgehead atoms. The molecule has 0 saturated carbocycles. The van der Waals surface area contributed by atoms with E-state index in [-0.39, 0.29) is 0 Å². The molecule has 1 heteroatoms. The van der Waals surface area contributed by atoms with Gasteiger partial charge in [-0.15, -0.1) is 0 Å². The molecule has 1 rings (SSSR count). The minimum Gasteiger partial charge on any atom is -0.496 e. The van der Waals surface area contributed by atoms with Crippen LogP contribution >= 0.6 is 0 Å². The van der Waals surface area contributed by atoms with E-state index in [0.29, 0.717) is 0 Å². The molecule has 96 valence electrons. The summed E-state index contributed by atoms with van der Waals surface area (Å²) >= 11 is 0. The van der Waals surface area contributed by atoms with Gasteiger partial charge in [0.2, 0.25) is 0 Å². The summed E-state index contributed by atoms with van der Waals surface area (Å²) in [5.41, 5.74) is 4.19. The molecule has 1 nitrogen and oxygen atoms in total. The van der Waals surface area contributed by atoms with Crippen molar-refractivity contribution in [2.45, 2.75) is 53.4 Å². The van der Waals surface area contributed by atoms with Crippen molar-refractivity contribution in [3.63, 3.8) is 0 Å². The van der Waals surface area contributed by atoms with Crippen molar-refractivity contribution in [3.8, 4) is 5.75 Å². The number of ether oxygens (including phenoxy) is 1. The molecule has 0 N–H and O–H groups in total. The average molecular weight is 234 g/mol. The van der Waals surface area contributed by atoms with Gasteiger partial charge in [0.25, 0.3) is 0 Å². The SMILES string of the molecule is CCC(C)CCCc1c(C)ccc(OC)c1C. The van der Waals surface area contributed by atoms with Crippen molar-refractivity contribution < 1.29 is 4.74 Å². The number of methoxy groups -OCH3 is 1. The highest BCUT2D eigenvalue weighted by molar-refractivity contribution is 5.43. The van der Waals surface area contributed by atoms with Gasteiger partial charge in [-0.05, 0) is 55.4 Å². The smallest absolute Gasteiger partial charge is 0.122 e. The van der Waals surface area contributed by atoms with Gasteiger partial charge in [-0.3, -0.25) is 0 Å². The first kappa shape index (κ1) is 14.1. The summed E-state index contributed by atoms with van der Waals surface area (Å²) in [6, 6.07) is 4.24. The monoisotopic (exact) mass is 234 g/mol. The first-order valence-electron chi connectivity index (χ1n) is 6.73. The van der Waals surface area contributed by atoms with E-state index in [4.69, 9.17) is 4.74 Å². The van der Waals surface area contributed by atoms with Gasteiger partial charge in [-0.1, -0.05) is 32.8 Å². The third kappa shape index (κ3) is 3.76. The van der Waals surface area contributed by atoms with Crippen LogP contribution in [0.2, 0.25) is 0 Å². The molecule has 0 aromatic heterocycles. The first-order chi connectivity index (χ1) is 8.10. The van der Waals surface area contributed by atoms with Crippen LogP contribution in [0, 0.1) is 19.8 Å². The lowest BCUT2D eigenvalue weighted by Crippen LogP contribution is -1.99. The van der Waals surface area contributed by atoms with Gasteiger partial charge in [0.1, 0.15) is 5.75 Å². The Morgan fingerprint density at radius 3 is 2.53 bits per heavy atom. The Hall–Kier alpha value is -0.980. The number of benzene rings is 1. The van der Waals surface area contributed by atoms with Crippen LogP contribution in [0.1, 0.15) is 49.8 Å². The Morgan fingerprint density at radius 2 is 1.94 bits per heavy atom. The summed E-state index contributed by atoms with van der Waals surface area (Å²) in [7, 11) is 1.75. The third-order valence-corrected chi connectivity index (χ3v) is 3.82. The lowest BCUT2D eigenvalue weighted by molar-refractivity contribution is 0.410. The fourth-order valence-electron chi connectivity index (χ4n) is 2.31. The Labute approximate surface area is 106 Å². The quantitative estimate of drug-likeness (QED) is 0.694. The molecule has 17 heavy (non-hydrogen) atoms. The van der Waals surface area contributed by atoms with Crippen LogP contribution in [0.25, 0.3) is 0 Å². The lowest BCUT2D eigenvalue weighted by Gasteiger charge is -2.14. The molecule has 0 spiro atoms. The summed E-state index contributed by atoms with van der Waals surface area (Å²) in [6.07, 6.45) is 5.08. The van der Waals surface area contributed by atoms with Crippen molar-refractivity contribution in [1.82, 2.24) is 0 Å². The van der Waals surface area contributed by atoms with E-state index in [1.807, 2.05) is 0 Å². The average Bonchev–Trinajstić information content (AvgIpc) is 2.33. The predicted molar refractivity (Wildman–Crippen MR) is 74.9 cm³/mol. The normalized spacial score (nSPS) is 12.5. The molecule has 1 aromatic carbocycles. The van der Waals surface area contributed by atoms with Gasteiger partial charge >= 0.3 is 0 Å². The maximum absolute atomic E-state index is 5.39. The van der Waals surface area contributed by atoms with Crippen LogP contribution in [0.4, 0.5) is 0 Å². The molecular formula is C16H26O. The summed E-state index contributed by atoms with van der Waals surface area (Å²) in [4.78, 5) is 0. The Kier molecular flexibility index (Phi) is 5.54. The van der Waals surface area contributed by atoms with Crippen LogP contribution in [0.5, 0.6) is 5.75 Å². The minimum atomic E-state index is 0.848. The molecule has 0 aliphatic heterocycles. The van der Waals surface area contributed by atoms with Crippen LogP contribution in [-0.2, 0) is 6.42 Å². The number of aryl methyl sites for hydroxylation is 1. The molecule has 0 amide bonds. The van der Waals surface area contributed by atoms with Gasteiger partial charge in [0.15, 0.2) is 0 Å². The number of rotatable bonds is 6. The van der Waals surface area contributed by atoms with Crippen molar-refractivity contribution in [2.24, 2.45) is 5.92 Å². The van der Waals surface area contributed by atoms with Crippen LogP contribution in [0.3, 0.4) is 0 Å². The van der Waals surface area contributed by atoms with Gasteiger partial charge < -0.3 is 4.74 Å². The van der Waals surface area contributed by atoms with E-state index in [1.54, 1.807) is 7.11 Å². The van der Waals surface area contributed by atoms with Crippen molar-refractivity contribution in [3.05, 3.63) is 28.8 Å². The summed E-state index contributed by atoms with van der Waals surface area (Å²) in [6.45, 7) is 8.98. The van der Waals surface area contributed by atoms with Crippen molar-refractivity contribution >= 4 is 0 Å². The predicted octanol–water partition coefficient (Wildman–Crippen LogP) is 4.68. The van der Waals surface area contributed by atoms with Gasteiger partial charge in [0, 0.05) is 0 Å². The van der Waals surface area contributed by atoms with E-state index >= 15 is 0 Å². The van der Waals surface area contributed by atoms with E-state index in [2.05, 4.69) is 39.8 Å². The van der Waals surface area contributed by atoms with Gasteiger partial charge in [-0.25, -0.2) is 0 Å². The second-order valence-electron chi connectivity index (χ2n) is 5.09. The lowest BCUT2D eigenvalue weighted by atomic mass is 9.94. The Bertz CT molecular complexity index is 355. The molecule has 0 radical (unpaired) electrons. The number of hydrogen-bond donors (Lipinski definition) is 0.